The molecular weight excluding hydrogens is 260 g/mol. The zero-order chi connectivity index (χ0) is 15.2. The predicted molar refractivity (Wildman–Crippen MR) is 88.2 cm³/mol. The molecule has 2 atom stereocenters. The first-order valence-corrected chi connectivity index (χ1v) is 9.17. The Kier molecular flexibility index (Phi) is 6.53. The quantitative estimate of drug-likeness (QED) is 0.842. The topological polar surface area (TPSA) is 32.3 Å². The maximum Gasteiger partial charge on any atom is 0.225 e. The Morgan fingerprint density at radius 3 is 2.48 bits per heavy atom. The van der Waals surface area contributed by atoms with E-state index >= 15 is 0 Å². The summed E-state index contributed by atoms with van der Waals surface area (Å²) in [5.74, 6) is 2.23. The monoisotopic (exact) mass is 294 g/mol. The van der Waals surface area contributed by atoms with Crippen LogP contribution in [0.3, 0.4) is 0 Å². The van der Waals surface area contributed by atoms with E-state index in [1.165, 1.54) is 25.7 Å². The highest BCUT2D eigenvalue weighted by Crippen LogP contribution is 2.31. The average molecular weight is 294 g/mol. The van der Waals surface area contributed by atoms with Gasteiger partial charge >= 0.3 is 0 Å². The molecule has 1 saturated heterocycles. The normalized spacial score (nSPS) is 34.0. The second-order valence-electron chi connectivity index (χ2n) is 7.26. The molecule has 1 aliphatic carbocycles. The Morgan fingerprint density at radius 2 is 1.86 bits per heavy atom. The van der Waals surface area contributed by atoms with Crippen molar-refractivity contribution in [2.75, 3.05) is 19.6 Å². The molecular formula is C18H34N2O. The van der Waals surface area contributed by atoms with Crippen molar-refractivity contribution >= 4 is 5.91 Å². The van der Waals surface area contributed by atoms with Crippen molar-refractivity contribution in [2.45, 2.75) is 71.8 Å². The van der Waals surface area contributed by atoms with E-state index in [4.69, 9.17) is 0 Å². The van der Waals surface area contributed by atoms with Crippen molar-refractivity contribution in [1.82, 2.24) is 10.2 Å². The summed E-state index contributed by atoms with van der Waals surface area (Å²) >= 11 is 0. The van der Waals surface area contributed by atoms with Crippen molar-refractivity contribution in [2.24, 2.45) is 17.8 Å². The Hall–Kier alpha value is -0.570. The molecule has 2 unspecified atom stereocenters. The van der Waals surface area contributed by atoms with Crippen LogP contribution in [0, 0.1) is 17.8 Å². The number of amides is 1. The van der Waals surface area contributed by atoms with Gasteiger partial charge in [0.05, 0.1) is 0 Å². The number of carbonyl (C=O) groups excluding carboxylic acids is 1. The largest absolute Gasteiger partial charge is 0.342 e. The number of nitrogens with one attached hydrogen (secondary N) is 1. The summed E-state index contributed by atoms with van der Waals surface area (Å²) in [6, 6.07) is 0.616. The lowest BCUT2D eigenvalue weighted by Gasteiger charge is -2.41. The predicted octanol–water partition coefficient (Wildman–Crippen LogP) is 3.44. The summed E-state index contributed by atoms with van der Waals surface area (Å²) in [5, 5.41) is 3.68. The fraction of sp³-hybridized carbons (Fsp3) is 0.944. The van der Waals surface area contributed by atoms with Crippen molar-refractivity contribution in [3.05, 3.63) is 0 Å². The van der Waals surface area contributed by atoms with E-state index in [2.05, 4.69) is 31.0 Å². The van der Waals surface area contributed by atoms with Crippen molar-refractivity contribution in [1.29, 1.82) is 0 Å². The Labute approximate surface area is 130 Å². The van der Waals surface area contributed by atoms with Gasteiger partial charge in [-0.05, 0) is 56.9 Å². The molecule has 2 aliphatic rings. The minimum absolute atomic E-state index is 0.318. The Balaban J connectivity index is 1.86. The van der Waals surface area contributed by atoms with Gasteiger partial charge in [0.2, 0.25) is 5.91 Å². The van der Waals surface area contributed by atoms with E-state index < -0.39 is 0 Å². The van der Waals surface area contributed by atoms with Gasteiger partial charge in [-0.15, -0.1) is 0 Å². The maximum atomic E-state index is 12.7. The molecule has 0 aromatic rings. The molecule has 1 heterocycles. The Bertz CT molecular complexity index is 323. The van der Waals surface area contributed by atoms with Gasteiger partial charge < -0.3 is 10.2 Å². The highest BCUT2D eigenvalue weighted by atomic mass is 16.2. The minimum Gasteiger partial charge on any atom is -0.342 e. The molecule has 1 aliphatic heterocycles. The van der Waals surface area contributed by atoms with Gasteiger partial charge in [0.25, 0.3) is 0 Å². The van der Waals surface area contributed by atoms with Gasteiger partial charge in [-0.2, -0.15) is 0 Å². The van der Waals surface area contributed by atoms with Crippen LogP contribution in [0.1, 0.15) is 65.7 Å². The van der Waals surface area contributed by atoms with E-state index in [1.807, 2.05) is 0 Å². The van der Waals surface area contributed by atoms with Crippen molar-refractivity contribution < 1.29 is 4.79 Å². The van der Waals surface area contributed by atoms with Crippen LogP contribution in [0.2, 0.25) is 0 Å². The summed E-state index contributed by atoms with van der Waals surface area (Å²) in [6.45, 7) is 9.85. The van der Waals surface area contributed by atoms with Gasteiger partial charge in [-0.1, -0.05) is 27.2 Å². The molecule has 1 N–H and O–H groups in total. The average Bonchev–Trinajstić information content (AvgIpc) is 2.52. The van der Waals surface area contributed by atoms with E-state index in [9.17, 15) is 4.79 Å². The van der Waals surface area contributed by atoms with Crippen LogP contribution in [0.5, 0.6) is 0 Å². The molecule has 0 aromatic carbocycles. The lowest BCUT2D eigenvalue weighted by molar-refractivity contribution is -0.139. The molecule has 1 saturated carbocycles. The number of piperidine rings is 1. The minimum atomic E-state index is 0.318. The lowest BCUT2D eigenvalue weighted by atomic mass is 9.81. The van der Waals surface area contributed by atoms with Crippen LogP contribution in [-0.4, -0.2) is 36.5 Å². The van der Waals surface area contributed by atoms with Gasteiger partial charge in [0, 0.05) is 25.0 Å². The zero-order valence-electron chi connectivity index (χ0n) is 14.2. The van der Waals surface area contributed by atoms with Gasteiger partial charge in [0.1, 0.15) is 0 Å². The first kappa shape index (κ1) is 16.8. The lowest BCUT2D eigenvalue weighted by Crippen LogP contribution is -2.52. The molecule has 0 spiro atoms. The highest BCUT2D eigenvalue weighted by molar-refractivity contribution is 5.79. The van der Waals surface area contributed by atoms with E-state index in [0.29, 0.717) is 23.8 Å². The molecule has 2 rings (SSSR count). The van der Waals surface area contributed by atoms with Crippen LogP contribution in [0.15, 0.2) is 0 Å². The summed E-state index contributed by atoms with van der Waals surface area (Å²) in [5.41, 5.74) is 0. The van der Waals surface area contributed by atoms with E-state index in [0.717, 1.165) is 44.8 Å². The summed E-state index contributed by atoms with van der Waals surface area (Å²) in [7, 11) is 0. The third kappa shape index (κ3) is 4.45. The Morgan fingerprint density at radius 1 is 1.14 bits per heavy atom. The third-order valence-corrected chi connectivity index (χ3v) is 5.59. The first-order chi connectivity index (χ1) is 10.2. The smallest absolute Gasteiger partial charge is 0.225 e. The van der Waals surface area contributed by atoms with Gasteiger partial charge in [0.15, 0.2) is 0 Å². The molecule has 2 fully saturated rings. The fourth-order valence-electron chi connectivity index (χ4n) is 4.01. The number of hydrogen-bond donors (Lipinski definition) is 1. The molecule has 1 amide bonds. The summed E-state index contributed by atoms with van der Waals surface area (Å²) in [4.78, 5) is 14.9. The molecule has 21 heavy (non-hydrogen) atoms. The van der Waals surface area contributed by atoms with Gasteiger partial charge in [-0.3, -0.25) is 4.79 Å². The third-order valence-electron chi connectivity index (χ3n) is 5.59. The van der Waals surface area contributed by atoms with Crippen LogP contribution in [0.25, 0.3) is 0 Å². The van der Waals surface area contributed by atoms with Crippen molar-refractivity contribution in [3.8, 4) is 0 Å². The van der Waals surface area contributed by atoms with Crippen molar-refractivity contribution in [3.63, 3.8) is 0 Å². The number of likely N-dealkylation sites (tertiary alicyclic amines) is 1. The molecule has 3 heteroatoms. The molecule has 0 radical (unpaired) electrons. The second-order valence-corrected chi connectivity index (χ2v) is 7.26. The van der Waals surface area contributed by atoms with Crippen LogP contribution >= 0.6 is 0 Å². The fourth-order valence-corrected chi connectivity index (χ4v) is 4.01. The van der Waals surface area contributed by atoms with E-state index in [1.54, 1.807) is 0 Å². The van der Waals surface area contributed by atoms with Crippen LogP contribution in [-0.2, 0) is 4.79 Å². The SMILES string of the molecule is CCCNC1CCN(C(=O)C2CCC(C)CC2)CC1CC. The van der Waals surface area contributed by atoms with E-state index in [-0.39, 0.29) is 0 Å². The molecule has 0 bridgehead atoms. The summed E-state index contributed by atoms with van der Waals surface area (Å²) in [6.07, 6.45) is 8.20. The molecule has 0 aromatic heterocycles. The summed E-state index contributed by atoms with van der Waals surface area (Å²) < 4.78 is 0. The molecule has 122 valence electrons. The van der Waals surface area contributed by atoms with Gasteiger partial charge in [-0.25, -0.2) is 0 Å². The first-order valence-electron chi connectivity index (χ1n) is 9.17. The van der Waals surface area contributed by atoms with Crippen LogP contribution < -0.4 is 5.32 Å². The second kappa shape index (κ2) is 8.17. The number of hydrogen-bond acceptors (Lipinski definition) is 2. The number of nitrogens with zero attached hydrogens (tertiary/aromatic N) is 1. The number of carbonyl (C=O) groups is 1. The van der Waals surface area contributed by atoms with Crippen LogP contribution in [0.4, 0.5) is 0 Å². The highest BCUT2D eigenvalue weighted by Gasteiger charge is 2.33. The molecule has 3 nitrogen and oxygen atoms in total. The zero-order valence-corrected chi connectivity index (χ0v) is 14.2. The number of rotatable bonds is 5. The standard InChI is InChI=1S/C18H34N2O/c1-4-11-19-17-10-12-20(13-15(17)5-2)18(21)16-8-6-14(3)7-9-16/h14-17,19H,4-13H2,1-3H3. The maximum absolute atomic E-state index is 12.7.